The molecule has 0 radical (unpaired) electrons. The third-order valence-electron chi connectivity index (χ3n) is 11.3. The lowest BCUT2D eigenvalue weighted by Gasteiger charge is -2.13. The molecule has 8 aromatic carbocycles. The first-order chi connectivity index (χ1) is 28.7. The Morgan fingerprint density at radius 1 is 0.414 bits per heavy atom. The number of para-hydroxylation sites is 1. The van der Waals surface area contributed by atoms with Crippen LogP contribution in [0, 0.1) is 0 Å². The highest BCUT2D eigenvalue weighted by molar-refractivity contribution is 6.20. The quantitative estimate of drug-likeness (QED) is 0.176. The average molecular weight is 742 g/mol. The number of pyridine rings is 1. The second-order valence-electron chi connectivity index (χ2n) is 14.7. The first-order valence-corrected chi connectivity index (χ1v) is 19.4. The third-order valence-corrected chi connectivity index (χ3v) is 11.3. The number of fused-ring (bicyclic) bond motifs is 9. The summed E-state index contributed by atoms with van der Waals surface area (Å²) in [6.45, 7) is 0. The summed E-state index contributed by atoms with van der Waals surface area (Å²) >= 11 is 0. The number of aromatic nitrogens is 5. The highest BCUT2D eigenvalue weighted by Gasteiger charge is 2.22. The van der Waals surface area contributed by atoms with Crippen molar-refractivity contribution in [3.63, 3.8) is 0 Å². The molecule has 6 nitrogen and oxygen atoms in total. The van der Waals surface area contributed by atoms with Gasteiger partial charge in [-0.15, -0.1) is 0 Å². The molecule has 0 atom stereocenters. The van der Waals surface area contributed by atoms with Crippen molar-refractivity contribution >= 4 is 65.3 Å². The molecule has 6 heteroatoms. The molecule has 0 N–H and O–H groups in total. The van der Waals surface area contributed by atoms with Crippen LogP contribution in [0.5, 0.6) is 0 Å². The van der Waals surface area contributed by atoms with Crippen LogP contribution in [0.3, 0.4) is 0 Å². The minimum absolute atomic E-state index is 0.541. The van der Waals surface area contributed by atoms with Crippen LogP contribution in [0.2, 0.25) is 0 Å². The van der Waals surface area contributed by atoms with Gasteiger partial charge in [0.25, 0.3) is 0 Å². The molecule has 58 heavy (non-hydrogen) atoms. The van der Waals surface area contributed by atoms with E-state index in [1.807, 2.05) is 42.6 Å². The van der Waals surface area contributed by atoms with Gasteiger partial charge >= 0.3 is 0 Å². The zero-order valence-corrected chi connectivity index (χ0v) is 31.0. The monoisotopic (exact) mass is 741 g/mol. The van der Waals surface area contributed by atoms with Crippen molar-refractivity contribution in [2.24, 2.45) is 0 Å². The van der Waals surface area contributed by atoms with Crippen LogP contribution in [-0.2, 0) is 0 Å². The van der Waals surface area contributed by atoms with Crippen molar-refractivity contribution in [2.75, 3.05) is 0 Å². The van der Waals surface area contributed by atoms with E-state index in [2.05, 4.69) is 149 Å². The SMILES string of the molecule is c1ccc(-c2nc(-c3ccc(-c4cccnc4)cc3)nc(-n3c4cc5ccccc5cc4c4cccc(-c5ccc6c(c5)oc5ccc7ccccc7c56)c43)n2)cc1. The molecule has 12 aromatic rings. The molecule has 0 aliphatic rings. The second kappa shape index (κ2) is 12.8. The lowest BCUT2D eigenvalue weighted by molar-refractivity contribution is 0.669. The Labute approximate surface area is 332 Å². The zero-order valence-electron chi connectivity index (χ0n) is 31.0. The predicted octanol–water partition coefficient (Wildman–Crippen LogP) is 13.2. The van der Waals surface area contributed by atoms with Crippen LogP contribution in [0.15, 0.2) is 193 Å². The van der Waals surface area contributed by atoms with Gasteiger partial charge in [0.1, 0.15) is 11.2 Å². The topological polar surface area (TPSA) is 69.6 Å². The third kappa shape index (κ3) is 5.12. The Kier molecular flexibility index (Phi) is 7.13. The largest absolute Gasteiger partial charge is 0.456 e. The van der Waals surface area contributed by atoms with E-state index in [4.69, 9.17) is 19.4 Å². The molecule has 0 spiro atoms. The average Bonchev–Trinajstić information content (AvgIpc) is 3.84. The number of hydrogen-bond donors (Lipinski definition) is 0. The van der Waals surface area contributed by atoms with Gasteiger partial charge < -0.3 is 4.42 Å². The Bertz CT molecular complexity index is 3550. The zero-order chi connectivity index (χ0) is 38.2. The van der Waals surface area contributed by atoms with E-state index < -0.39 is 0 Å². The van der Waals surface area contributed by atoms with Crippen LogP contribution < -0.4 is 0 Å². The molecular weight excluding hydrogens is 711 g/mol. The van der Waals surface area contributed by atoms with Crippen LogP contribution in [0.4, 0.5) is 0 Å². The lowest BCUT2D eigenvalue weighted by Crippen LogP contribution is -2.07. The van der Waals surface area contributed by atoms with Crippen molar-refractivity contribution in [3.05, 3.63) is 188 Å². The van der Waals surface area contributed by atoms with Crippen molar-refractivity contribution in [2.45, 2.75) is 0 Å². The standard InChI is InChI=1S/C52H31N5O/c1-2-11-34(12-3-1)50-54-51(35-21-19-32(20-22-35)39-15-9-27-53-31-39)56-52(55-50)57-45-29-37-14-5-4-13-36(37)28-44(45)42-18-8-17-41(49(42)57)38-23-25-43-47(30-38)58-46-26-24-33-10-6-7-16-40(33)48(43)46/h1-31H. The second-order valence-corrected chi connectivity index (χ2v) is 14.7. The maximum absolute atomic E-state index is 6.58. The molecule has 4 heterocycles. The van der Waals surface area contributed by atoms with E-state index in [-0.39, 0.29) is 0 Å². The molecule has 0 bridgehead atoms. The van der Waals surface area contributed by atoms with Crippen LogP contribution in [0.1, 0.15) is 0 Å². The van der Waals surface area contributed by atoms with E-state index in [0.717, 1.165) is 82.5 Å². The molecular formula is C52H31N5O. The predicted molar refractivity (Wildman–Crippen MR) is 236 cm³/mol. The molecule has 0 fully saturated rings. The number of furan rings is 1. The maximum Gasteiger partial charge on any atom is 0.238 e. The van der Waals surface area contributed by atoms with Gasteiger partial charge in [-0.1, -0.05) is 140 Å². The van der Waals surface area contributed by atoms with Crippen LogP contribution in [0.25, 0.3) is 116 Å². The number of nitrogens with zero attached hydrogens (tertiary/aromatic N) is 5. The number of hydrogen-bond acceptors (Lipinski definition) is 5. The molecule has 0 aliphatic carbocycles. The fourth-order valence-electron chi connectivity index (χ4n) is 8.56. The molecule has 0 saturated heterocycles. The summed E-state index contributed by atoms with van der Waals surface area (Å²) in [6.07, 6.45) is 3.66. The minimum Gasteiger partial charge on any atom is -0.456 e. The van der Waals surface area contributed by atoms with Gasteiger partial charge in [-0.3, -0.25) is 9.55 Å². The Morgan fingerprint density at radius 2 is 1.10 bits per heavy atom. The van der Waals surface area contributed by atoms with Crippen LogP contribution in [-0.4, -0.2) is 24.5 Å². The van der Waals surface area contributed by atoms with Gasteiger partial charge in [-0.2, -0.15) is 9.97 Å². The Hall–Kier alpha value is -7.96. The molecule has 0 unspecified atom stereocenters. The van der Waals surface area contributed by atoms with E-state index in [1.165, 1.54) is 16.2 Å². The fourth-order valence-corrected chi connectivity index (χ4v) is 8.56. The normalized spacial score (nSPS) is 11.8. The molecule has 0 saturated carbocycles. The first kappa shape index (κ1) is 32.3. The summed E-state index contributed by atoms with van der Waals surface area (Å²) in [4.78, 5) is 20.0. The van der Waals surface area contributed by atoms with Crippen molar-refractivity contribution in [1.82, 2.24) is 24.5 Å². The highest BCUT2D eigenvalue weighted by atomic mass is 16.3. The summed E-state index contributed by atoms with van der Waals surface area (Å²) < 4.78 is 8.81. The Morgan fingerprint density at radius 3 is 1.91 bits per heavy atom. The van der Waals surface area contributed by atoms with E-state index >= 15 is 0 Å². The van der Waals surface area contributed by atoms with Gasteiger partial charge in [-0.25, -0.2) is 4.98 Å². The van der Waals surface area contributed by atoms with E-state index in [0.29, 0.717) is 17.6 Å². The van der Waals surface area contributed by atoms with Gasteiger partial charge in [-0.05, 0) is 74.6 Å². The van der Waals surface area contributed by atoms with Gasteiger partial charge in [0, 0.05) is 50.6 Å². The molecule has 270 valence electrons. The van der Waals surface area contributed by atoms with Gasteiger partial charge in [0.2, 0.25) is 5.95 Å². The molecule has 12 rings (SSSR count). The molecule has 0 amide bonds. The van der Waals surface area contributed by atoms with Crippen molar-refractivity contribution in [1.29, 1.82) is 0 Å². The van der Waals surface area contributed by atoms with E-state index in [1.54, 1.807) is 6.20 Å². The smallest absolute Gasteiger partial charge is 0.238 e. The molecule has 4 aromatic heterocycles. The number of rotatable bonds is 5. The van der Waals surface area contributed by atoms with Crippen molar-refractivity contribution in [3.8, 4) is 51.0 Å². The fraction of sp³-hybridized carbons (Fsp3) is 0. The minimum atomic E-state index is 0.541. The number of benzene rings is 8. The summed E-state index contributed by atoms with van der Waals surface area (Å²) in [5.74, 6) is 1.73. The van der Waals surface area contributed by atoms with Crippen LogP contribution >= 0.6 is 0 Å². The molecule has 0 aliphatic heterocycles. The maximum atomic E-state index is 6.58. The van der Waals surface area contributed by atoms with Gasteiger partial charge in [0.15, 0.2) is 11.6 Å². The van der Waals surface area contributed by atoms with Crippen molar-refractivity contribution < 1.29 is 4.42 Å². The summed E-state index contributed by atoms with van der Waals surface area (Å²) in [6, 6.07) is 61.4. The lowest BCUT2D eigenvalue weighted by atomic mass is 9.99. The summed E-state index contributed by atoms with van der Waals surface area (Å²) in [5.41, 5.74) is 9.77. The van der Waals surface area contributed by atoms with E-state index in [9.17, 15) is 0 Å². The summed E-state index contributed by atoms with van der Waals surface area (Å²) in [5, 5.41) is 9.16. The summed E-state index contributed by atoms with van der Waals surface area (Å²) in [7, 11) is 0. The van der Waals surface area contributed by atoms with Gasteiger partial charge in [0.05, 0.1) is 11.0 Å². The Balaban J connectivity index is 1.13. The first-order valence-electron chi connectivity index (χ1n) is 19.4. The highest BCUT2D eigenvalue weighted by Crippen LogP contribution is 2.42.